The number of hydrogen-bond acceptors (Lipinski definition) is 4. The molecule has 2 aromatic rings. The van der Waals surface area contributed by atoms with Crippen molar-refractivity contribution in [1.29, 1.82) is 0 Å². The predicted octanol–water partition coefficient (Wildman–Crippen LogP) is 1.36. The molecule has 3 heterocycles. The minimum atomic E-state index is -2.84. The highest BCUT2D eigenvalue weighted by atomic mass is 35.5. The largest absolute Gasteiger partial charge is 0.286 e. The summed E-state index contributed by atoms with van der Waals surface area (Å²) in [5.41, 5.74) is 0.693. The normalized spacial score (nSPS) is 22.6. The lowest BCUT2D eigenvalue weighted by atomic mass is 10.1. The van der Waals surface area contributed by atoms with Crippen LogP contribution < -0.4 is 0 Å². The van der Waals surface area contributed by atoms with Crippen molar-refractivity contribution in [2.75, 3.05) is 11.5 Å². The third-order valence-corrected chi connectivity index (χ3v) is 5.31. The van der Waals surface area contributed by atoms with E-state index in [1.165, 1.54) is 0 Å². The zero-order valence-corrected chi connectivity index (χ0v) is 11.2. The van der Waals surface area contributed by atoms with E-state index in [0.29, 0.717) is 29.3 Å². The maximum atomic E-state index is 11.4. The van der Waals surface area contributed by atoms with Crippen molar-refractivity contribution in [2.45, 2.75) is 12.8 Å². The lowest BCUT2D eigenvalue weighted by molar-refractivity contribution is 0.566. The fraction of sp³-hybridized carbons (Fsp3) is 0.455. The molecule has 3 rings (SSSR count). The topological polar surface area (TPSA) is 64.3 Å². The van der Waals surface area contributed by atoms with E-state index in [-0.39, 0.29) is 11.7 Å². The van der Waals surface area contributed by atoms with Gasteiger partial charge in [0.2, 0.25) is 0 Å². The molecule has 1 saturated heterocycles. The highest BCUT2D eigenvalue weighted by Crippen LogP contribution is 2.22. The summed E-state index contributed by atoms with van der Waals surface area (Å²) in [7, 11) is -2.84. The molecule has 96 valence electrons. The first-order valence-corrected chi connectivity index (χ1v) is 7.93. The third-order valence-electron chi connectivity index (χ3n) is 3.24. The van der Waals surface area contributed by atoms with Crippen LogP contribution in [0.3, 0.4) is 0 Å². The van der Waals surface area contributed by atoms with Crippen LogP contribution in [0.2, 0.25) is 5.02 Å². The summed E-state index contributed by atoms with van der Waals surface area (Å²) in [5.74, 6) is 1.50. The van der Waals surface area contributed by atoms with Gasteiger partial charge in [0.25, 0.3) is 0 Å². The van der Waals surface area contributed by atoms with Crippen molar-refractivity contribution in [1.82, 2.24) is 14.6 Å². The van der Waals surface area contributed by atoms with Crippen LogP contribution in [0.1, 0.15) is 12.2 Å². The van der Waals surface area contributed by atoms with E-state index < -0.39 is 9.84 Å². The fourth-order valence-electron chi connectivity index (χ4n) is 2.35. The summed E-state index contributed by atoms with van der Waals surface area (Å²) in [6.07, 6.45) is 3.17. The van der Waals surface area contributed by atoms with Crippen molar-refractivity contribution >= 4 is 27.1 Å². The van der Waals surface area contributed by atoms with E-state index in [2.05, 4.69) is 10.2 Å². The van der Waals surface area contributed by atoms with Crippen molar-refractivity contribution in [3.63, 3.8) is 0 Å². The summed E-state index contributed by atoms with van der Waals surface area (Å²) < 4.78 is 24.7. The van der Waals surface area contributed by atoms with Crippen LogP contribution in [0.4, 0.5) is 0 Å². The third kappa shape index (κ3) is 2.22. The lowest BCUT2D eigenvalue weighted by Crippen LogP contribution is -2.09. The van der Waals surface area contributed by atoms with Gasteiger partial charge in [-0.1, -0.05) is 11.6 Å². The number of aromatic nitrogens is 3. The molecule has 0 bridgehead atoms. The number of hydrogen-bond donors (Lipinski definition) is 0. The van der Waals surface area contributed by atoms with Crippen molar-refractivity contribution in [3.05, 3.63) is 29.2 Å². The van der Waals surface area contributed by atoms with Crippen LogP contribution in [0.5, 0.6) is 0 Å². The average molecular weight is 286 g/mol. The minimum absolute atomic E-state index is 0.151. The smallest absolute Gasteiger partial charge is 0.162 e. The fourth-order valence-corrected chi connectivity index (χ4v) is 4.36. The Kier molecular flexibility index (Phi) is 2.79. The van der Waals surface area contributed by atoms with Gasteiger partial charge in [-0.2, -0.15) is 0 Å². The number of fused-ring (bicyclic) bond motifs is 1. The van der Waals surface area contributed by atoms with E-state index >= 15 is 0 Å². The van der Waals surface area contributed by atoms with E-state index in [1.54, 1.807) is 12.1 Å². The molecule has 1 aliphatic heterocycles. The molecule has 1 fully saturated rings. The number of nitrogens with zero attached hydrogens (tertiary/aromatic N) is 3. The van der Waals surface area contributed by atoms with E-state index in [1.807, 2.05) is 10.6 Å². The molecule has 5 nitrogen and oxygen atoms in total. The van der Waals surface area contributed by atoms with Gasteiger partial charge in [0.05, 0.1) is 11.5 Å². The van der Waals surface area contributed by atoms with E-state index in [9.17, 15) is 8.42 Å². The number of halogens is 1. The van der Waals surface area contributed by atoms with Crippen molar-refractivity contribution in [2.24, 2.45) is 5.92 Å². The predicted molar refractivity (Wildman–Crippen MR) is 68.5 cm³/mol. The number of pyridine rings is 1. The summed E-state index contributed by atoms with van der Waals surface area (Å²) in [6.45, 7) is 0. The lowest BCUT2D eigenvalue weighted by Gasteiger charge is -2.05. The molecule has 0 spiro atoms. The molecule has 1 unspecified atom stereocenters. The van der Waals surface area contributed by atoms with Gasteiger partial charge in [-0.15, -0.1) is 10.2 Å². The quantitative estimate of drug-likeness (QED) is 0.836. The van der Waals surface area contributed by atoms with Crippen LogP contribution in [-0.4, -0.2) is 34.5 Å². The second kappa shape index (κ2) is 4.20. The standard InChI is InChI=1S/C11H12ClN3O2S/c12-9-1-3-15-10(13-14-11(15)6-9)5-8-2-4-18(16,17)7-8/h1,3,6,8H,2,4-5,7H2. The van der Waals surface area contributed by atoms with E-state index in [0.717, 1.165) is 5.82 Å². The Hall–Kier alpha value is -1.14. The SMILES string of the molecule is O=S1(=O)CCC(Cc2nnc3cc(Cl)ccn23)C1. The monoisotopic (exact) mass is 285 g/mol. The van der Waals surface area contributed by atoms with Crippen LogP contribution >= 0.6 is 11.6 Å². The molecule has 18 heavy (non-hydrogen) atoms. The molecule has 7 heteroatoms. The van der Waals surface area contributed by atoms with Gasteiger partial charge in [0, 0.05) is 23.7 Å². The first-order chi connectivity index (χ1) is 8.53. The Bertz CT molecular complexity index is 695. The zero-order chi connectivity index (χ0) is 12.8. The molecule has 2 aromatic heterocycles. The Morgan fingerprint density at radius 1 is 1.44 bits per heavy atom. The van der Waals surface area contributed by atoms with Gasteiger partial charge in [-0.05, 0) is 18.4 Å². The summed E-state index contributed by atoms with van der Waals surface area (Å²) in [5, 5.41) is 8.76. The van der Waals surface area contributed by atoms with Crippen LogP contribution in [-0.2, 0) is 16.3 Å². The Balaban J connectivity index is 1.87. The van der Waals surface area contributed by atoms with Crippen LogP contribution in [0, 0.1) is 5.92 Å². The summed E-state index contributed by atoms with van der Waals surface area (Å²) in [6, 6.07) is 3.51. The Labute approximate surface area is 110 Å². The van der Waals surface area contributed by atoms with Crippen LogP contribution in [0.15, 0.2) is 18.3 Å². The van der Waals surface area contributed by atoms with Gasteiger partial charge < -0.3 is 0 Å². The van der Waals surface area contributed by atoms with Crippen molar-refractivity contribution < 1.29 is 8.42 Å². The van der Waals surface area contributed by atoms with Crippen molar-refractivity contribution in [3.8, 4) is 0 Å². The first-order valence-electron chi connectivity index (χ1n) is 5.73. The molecule has 0 radical (unpaired) electrons. The van der Waals surface area contributed by atoms with Gasteiger partial charge >= 0.3 is 0 Å². The van der Waals surface area contributed by atoms with Gasteiger partial charge in [-0.3, -0.25) is 4.40 Å². The second-order valence-electron chi connectivity index (χ2n) is 4.66. The molecule has 0 amide bonds. The average Bonchev–Trinajstić information content (AvgIpc) is 2.83. The molecular weight excluding hydrogens is 274 g/mol. The van der Waals surface area contributed by atoms with E-state index in [4.69, 9.17) is 11.6 Å². The Morgan fingerprint density at radius 3 is 3.00 bits per heavy atom. The maximum absolute atomic E-state index is 11.4. The summed E-state index contributed by atoms with van der Waals surface area (Å²) in [4.78, 5) is 0. The summed E-state index contributed by atoms with van der Waals surface area (Å²) >= 11 is 5.88. The molecule has 0 saturated carbocycles. The number of sulfone groups is 1. The highest BCUT2D eigenvalue weighted by Gasteiger charge is 2.29. The first kappa shape index (κ1) is 11.9. The zero-order valence-electron chi connectivity index (χ0n) is 9.58. The molecular formula is C11H12ClN3O2S. The highest BCUT2D eigenvalue weighted by molar-refractivity contribution is 7.91. The second-order valence-corrected chi connectivity index (χ2v) is 7.33. The van der Waals surface area contributed by atoms with Gasteiger partial charge in [0.15, 0.2) is 15.5 Å². The molecule has 0 aromatic carbocycles. The minimum Gasteiger partial charge on any atom is -0.286 e. The molecule has 1 aliphatic rings. The number of rotatable bonds is 2. The van der Waals surface area contributed by atoms with Gasteiger partial charge in [0.1, 0.15) is 5.82 Å². The molecule has 0 aliphatic carbocycles. The molecule has 0 N–H and O–H groups in total. The maximum Gasteiger partial charge on any atom is 0.162 e. The van der Waals surface area contributed by atoms with Gasteiger partial charge in [-0.25, -0.2) is 8.42 Å². The molecule has 1 atom stereocenters. The Morgan fingerprint density at radius 2 is 2.28 bits per heavy atom. The van der Waals surface area contributed by atoms with Crippen LogP contribution in [0.25, 0.3) is 5.65 Å².